The molecule has 0 spiro atoms. The van der Waals surface area contributed by atoms with Gasteiger partial charge in [-0.2, -0.15) is 5.10 Å². The van der Waals surface area contributed by atoms with E-state index in [-0.39, 0.29) is 0 Å². The molecule has 0 atom stereocenters. The highest BCUT2D eigenvalue weighted by molar-refractivity contribution is 5.13. The Morgan fingerprint density at radius 3 is 2.93 bits per heavy atom. The maximum Gasteiger partial charge on any atom is 0.0625 e. The molecule has 14 heavy (non-hydrogen) atoms. The van der Waals surface area contributed by atoms with Gasteiger partial charge in [-0.05, 0) is 25.3 Å². The number of rotatable bonds is 1. The third-order valence-electron chi connectivity index (χ3n) is 3.51. The fourth-order valence-corrected chi connectivity index (χ4v) is 2.65. The predicted molar refractivity (Wildman–Crippen MR) is 55.2 cm³/mol. The number of aryl methyl sites for hydroxylation is 1. The van der Waals surface area contributed by atoms with Crippen molar-refractivity contribution in [3.8, 4) is 0 Å². The summed E-state index contributed by atoms with van der Waals surface area (Å²) in [7, 11) is 0. The van der Waals surface area contributed by atoms with Crippen LogP contribution in [0.4, 0.5) is 0 Å². The van der Waals surface area contributed by atoms with Gasteiger partial charge in [-0.3, -0.25) is 9.58 Å². The lowest BCUT2D eigenvalue weighted by atomic mass is 10.1. The summed E-state index contributed by atoms with van der Waals surface area (Å²) in [5.74, 6) is 0. The largest absolute Gasteiger partial charge is 0.297 e. The van der Waals surface area contributed by atoms with E-state index in [1.807, 2.05) is 0 Å². The van der Waals surface area contributed by atoms with Gasteiger partial charge in [0.1, 0.15) is 0 Å². The van der Waals surface area contributed by atoms with Gasteiger partial charge in [0.05, 0.1) is 17.4 Å². The van der Waals surface area contributed by atoms with Crippen LogP contribution >= 0.6 is 0 Å². The summed E-state index contributed by atoms with van der Waals surface area (Å²) in [5.41, 5.74) is 2.69. The van der Waals surface area contributed by atoms with Crippen molar-refractivity contribution in [1.29, 1.82) is 0 Å². The molecule has 3 nitrogen and oxygen atoms in total. The Hall–Kier alpha value is -0.830. The third kappa shape index (κ3) is 1.19. The average molecular weight is 191 g/mol. The average Bonchev–Trinajstić information content (AvgIpc) is 2.49. The SMILES string of the molecule is CCc1cc2n(n1)C1CCN(CC1)C2. The van der Waals surface area contributed by atoms with Gasteiger partial charge in [0.15, 0.2) is 0 Å². The normalized spacial score (nSPS) is 30.1. The Balaban J connectivity index is 2.03. The summed E-state index contributed by atoms with van der Waals surface area (Å²) in [6.07, 6.45) is 3.64. The van der Waals surface area contributed by atoms with Gasteiger partial charge in [-0.15, -0.1) is 0 Å². The predicted octanol–water partition coefficient (Wildman–Crippen LogP) is 1.60. The Labute approximate surface area is 84.7 Å². The Morgan fingerprint density at radius 2 is 2.21 bits per heavy atom. The Bertz CT molecular complexity index is 334. The first-order valence-corrected chi connectivity index (χ1v) is 5.66. The van der Waals surface area contributed by atoms with Crippen LogP contribution < -0.4 is 0 Å². The Morgan fingerprint density at radius 1 is 1.43 bits per heavy atom. The zero-order valence-corrected chi connectivity index (χ0v) is 8.74. The van der Waals surface area contributed by atoms with Crippen LogP contribution in [-0.2, 0) is 13.0 Å². The van der Waals surface area contributed by atoms with E-state index >= 15 is 0 Å². The molecule has 0 aliphatic carbocycles. The highest BCUT2D eigenvalue weighted by Gasteiger charge is 2.28. The van der Waals surface area contributed by atoms with E-state index in [1.165, 1.54) is 37.3 Å². The standard InChI is InChI=1S/C11H17N3/c1-2-9-7-11-8-13-5-3-10(4-6-13)14(11)12-9/h7,10H,2-6,8H2,1H3. The first kappa shape index (κ1) is 8.48. The second-order valence-electron chi connectivity index (χ2n) is 4.43. The van der Waals surface area contributed by atoms with Crippen molar-refractivity contribution in [3.05, 3.63) is 17.5 Å². The molecule has 0 amide bonds. The summed E-state index contributed by atoms with van der Waals surface area (Å²) >= 11 is 0. The van der Waals surface area contributed by atoms with Gasteiger partial charge in [0, 0.05) is 19.6 Å². The summed E-state index contributed by atoms with van der Waals surface area (Å²) in [4.78, 5) is 2.55. The molecule has 1 aromatic heterocycles. The van der Waals surface area contributed by atoms with E-state index < -0.39 is 0 Å². The van der Waals surface area contributed by atoms with Crippen LogP contribution in [0, 0.1) is 0 Å². The maximum atomic E-state index is 4.70. The molecule has 1 fully saturated rings. The van der Waals surface area contributed by atoms with E-state index in [0.29, 0.717) is 6.04 Å². The van der Waals surface area contributed by atoms with Crippen LogP contribution in [0.1, 0.15) is 37.2 Å². The van der Waals surface area contributed by atoms with Crippen molar-refractivity contribution in [1.82, 2.24) is 14.7 Å². The van der Waals surface area contributed by atoms with Crippen LogP contribution in [0.5, 0.6) is 0 Å². The molecule has 3 aliphatic heterocycles. The maximum absolute atomic E-state index is 4.70. The molecule has 4 heterocycles. The van der Waals surface area contributed by atoms with Crippen molar-refractivity contribution in [3.63, 3.8) is 0 Å². The minimum absolute atomic E-state index is 0.684. The van der Waals surface area contributed by atoms with Crippen LogP contribution in [0.3, 0.4) is 0 Å². The van der Waals surface area contributed by atoms with Crippen LogP contribution in [0.2, 0.25) is 0 Å². The number of piperidine rings is 1. The molecule has 0 radical (unpaired) electrons. The first-order valence-electron chi connectivity index (χ1n) is 5.66. The molecular weight excluding hydrogens is 174 g/mol. The fourth-order valence-electron chi connectivity index (χ4n) is 2.65. The van der Waals surface area contributed by atoms with Gasteiger partial charge < -0.3 is 0 Å². The molecule has 76 valence electrons. The summed E-state index contributed by atoms with van der Waals surface area (Å²) < 4.78 is 2.30. The van der Waals surface area contributed by atoms with Gasteiger partial charge in [0.25, 0.3) is 0 Å². The van der Waals surface area contributed by atoms with E-state index in [4.69, 9.17) is 5.10 Å². The lowest BCUT2D eigenvalue weighted by Crippen LogP contribution is -2.29. The minimum Gasteiger partial charge on any atom is -0.297 e. The summed E-state index contributed by atoms with van der Waals surface area (Å²) in [5, 5.41) is 4.70. The molecule has 3 heteroatoms. The van der Waals surface area contributed by atoms with E-state index in [1.54, 1.807) is 0 Å². The molecule has 4 rings (SSSR count). The van der Waals surface area contributed by atoms with Gasteiger partial charge in [-0.1, -0.05) is 6.92 Å². The highest BCUT2D eigenvalue weighted by Crippen LogP contribution is 2.29. The first-order chi connectivity index (χ1) is 6.86. The number of fused-ring (bicyclic) bond motifs is 2. The number of nitrogens with zero attached hydrogens (tertiary/aromatic N) is 3. The molecule has 1 aromatic rings. The molecular formula is C11H17N3. The molecule has 0 unspecified atom stereocenters. The van der Waals surface area contributed by atoms with E-state index in [9.17, 15) is 0 Å². The number of hydrogen-bond donors (Lipinski definition) is 0. The molecule has 1 saturated heterocycles. The van der Waals surface area contributed by atoms with Crippen LogP contribution in [0.25, 0.3) is 0 Å². The van der Waals surface area contributed by atoms with Gasteiger partial charge in [0.2, 0.25) is 0 Å². The van der Waals surface area contributed by atoms with E-state index in [2.05, 4.69) is 22.6 Å². The lowest BCUT2D eigenvalue weighted by molar-refractivity contribution is 0.205. The van der Waals surface area contributed by atoms with Gasteiger partial charge >= 0.3 is 0 Å². The van der Waals surface area contributed by atoms with Gasteiger partial charge in [-0.25, -0.2) is 0 Å². The molecule has 0 N–H and O–H groups in total. The van der Waals surface area contributed by atoms with Crippen molar-refractivity contribution in [2.45, 2.75) is 38.8 Å². The summed E-state index contributed by atoms with van der Waals surface area (Å²) in [6.45, 7) is 5.81. The highest BCUT2D eigenvalue weighted by atomic mass is 15.3. The smallest absolute Gasteiger partial charge is 0.0625 e. The van der Waals surface area contributed by atoms with Crippen molar-refractivity contribution < 1.29 is 0 Å². The second-order valence-corrected chi connectivity index (χ2v) is 4.43. The van der Waals surface area contributed by atoms with Crippen molar-refractivity contribution in [2.75, 3.05) is 13.1 Å². The quantitative estimate of drug-likeness (QED) is 0.672. The van der Waals surface area contributed by atoms with Crippen LogP contribution in [0.15, 0.2) is 6.07 Å². The zero-order chi connectivity index (χ0) is 9.54. The monoisotopic (exact) mass is 191 g/mol. The summed E-state index contributed by atoms with van der Waals surface area (Å²) in [6, 6.07) is 2.97. The lowest BCUT2D eigenvalue weighted by Gasteiger charge is -2.26. The zero-order valence-electron chi connectivity index (χ0n) is 8.74. The third-order valence-corrected chi connectivity index (χ3v) is 3.51. The van der Waals surface area contributed by atoms with Crippen LogP contribution in [-0.4, -0.2) is 27.8 Å². The number of aromatic nitrogens is 2. The Kier molecular flexibility index (Phi) is 1.87. The van der Waals surface area contributed by atoms with E-state index in [0.717, 1.165) is 13.0 Å². The fraction of sp³-hybridized carbons (Fsp3) is 0.727. The molecule has 0 aromatic carbocycles. The molecule has 0 saturated carbocycles. The van der Waals surface area contributed by atoms with Crippen molar-refractivity contribution in [2.24, 2.45) is 0 Å². The molecule has 3 aliphatic rings. The molecule has 2 bridgehead atoms. The van der Waals surface area contributed by atoms with Crippen molar-refractivity contribution >= 4 is 0 Å². The number of hydrogen-bond acceptors (Lipinski definition) is 2. The topological polar surface area (TPSA) is 21.1 Å². The minimum atomic E-state index is 0.684. The second kappa shape index (κ2) is 3.09.